The van der Waals surface area contributed by atoms with E-state index >= 15 is 4.39 Å². The second-order valence-electron chi connectivity index (χ2n) is 10.7. The van der Waals surface area contributed by atoms with Crippen LogP contribution in [0, 0.1) is 5.82 Å². The van der Waals surface area contributed by atoms with Gasteiger partial charge in [0.25, 0.3) is 0 Å². The third kappa shape index (κ3) is 8.96. The van der Waals surface area contributed by atoms with E-state index in [0.717, 1.165) is 35.2 Å². The first-order chi connectivity index (χ1) is 18.9. The van der Waals surface area contributed by atoms with Gasteiger partial charge in [-0.3, -0.25) is 4.79 Å². The summed E-state index contributed by atoms with van der Waals surface area (Å²) in [4.78, 5) is 10.5. The topological polar surface area (TPSA) is 107 Å². The zero-order chi connectivity index (χ0) is 29.3. The maximum Gasteiger partial charge on any atom is 0.303 e. The number of aliphatic carboxylic acids is 1. The van der Waals surface area contributed by atoms with Crippen LogP contribution < -0.4 is 5.32 Å². The van der Waals surface area contributed by atoms with Gasteiger partial charge in [-0.25, -0.2) is 12.8 Å². The molecule has 0 bridgehead atoms. The van der Waals surface area contributed by atoms with Crippen molar-refractivity contribution in [1.82, 2.24) is 9.62 Å². The molecule has 3 aromatic carbocycles. The van der Waals surface area contributed by atoms with E-state index in [2.05, 4.69) is 17.4 Å². The smallest absolute Gasteiger partial charge is 0.303 e. The molecule has 216 valence electrons. The highest BCUT2D eigenvalue weighted by molar-refractivity contribution is 7.89. The van der Waals surface area contributed by atoms with Crippen molar-refractivity contribution in [3.05, 3.63) is 89.7 Å². The van der Waals surface area contributed by atoms with Crippen LogP contribution in [0.1, 0.15) is 44.2 Å². The number of carbonyl (C=O) groups is 1. The van der Waals surface area contributed by atoms with Crippen LogP contribution in [0.3, 0.4) is 0 Å². The van der Waals surface area contributed by atoms with Crippen molar-refractivity contribution in [2.45, 2.75) is 62.5 Å². The van der Waals surface area contributed by atoms with E-state index in [4.69, 9.17) is 5.11 Å². The molecule has 1 atom stereocenters. The van der Waals surface area contributed by atoms with E-state index in [1.54, 1.807) is 24.3 Å². The average Bonchev–Trinajstić information content (AvgIpc) is 2.91. The summed E-state index contributed by atoms with van der Waals surface area (Å²) >= 11 is 0. The molecule has 0 spiro atoms. The number of nitrogens with one attached hydrogen (secondary N) is 1. The minimum atomic E-state index is -4.20. The van der Waals surface area contributed by atoms with Crippen LogP contribution in [0.25, 0.3) is 11.1 Å². The average molecular weight is 571 g/mol. The van der Waals surface area contributed by atoms with E-state index in [9.17, 15) is 18.3 Å². The van der Waals surface area contributed by atoms with Crippen LogP contribution in [-0.2, 0) is 27.7 Å². The van der Waals surface area contributed by atoms with Gasteiger partial charge in [0.05, 0.1) is 6.10 Å². The maximum absolute atomic E-state index is 15.1. The van der Waals surface area contributed by atoms with Crippen LogP contribution >= 0.6 is 0 Å². The predicted octanol–water partition coefficient (Wildman–Crippen LogP) is 4.88. The number of benzene rings is 3. The molecule has 0 unspecified atom stereocenters. The SMILES string of the molecule is CN(C[C@H](O)CNC(C)(C)CCCc1ccccc1)S(=O)(=O)c1ccc(-c2ccccc2CCC(=O)O)cc1F. The Labute approximate surface area is 236 Å². The second-order valence-corrected chi connectivity index (χ2v) is 12.8. The van der Waals surface area contributed by atoms with Crippen LogP contribution in [-0.4, -0.2) is 60.7 Å². The molecule has 0 aliphatic carbocycles. The van der Waals surface area contributed by atoms with Gasteiger partial charge in [0, 0.05) is 32.1 Å². The fourth-order valence-corrected chi connectivity index (χ4v) is 5.88. The number of rotatable bonds is 15. The summed E-state index contributed by atoms with van der Waals surface area (Å²) in [5.74, 6) is -1.85. The largest absolute Gasteiger partial charge is 0.481 e. The Morgan fingerprint density at radius 2 is 1.70 bits per heavy atom. The molecule has 3 N–H and O–H groups in total. The standard InChI is InChI=1S/C31H39FN2O5S/c1-31(2,19-9-12-23-10-5-4-6-11-23)33-21-26(35)22-34(3)40(38,39)29-17-15-25(20-28(29)32)27-14-8-7-13-24(27)16-18-30(36)37/h4-8,10-11,13-15,17,20,26,33,35H,9,12,16,18-19,21-22H2,1-3H3,(H,36,37)/t26-/m1/s1. The molecule has 0 aromatic heterocycles. The first kappa shape index (κ1) is 31.4. The van der Waals surface area contributed by atoms with Crippen molar-refractivity contribution in [3.8, 4) is 11.1 Å². The number of nitrogens with zero attached hydrogens (tertiary/aromatic N) is 1. The van der Waals surface area contributed by atoms with Crippen LogP contribution in [0.4, 0.5) is 4.39 Å². The number of sulfonamides is 1. The fraction of sp³-hybridized carbons (Fsp3) is 0.387. The maximum atomic E-state index is 15.1. The Morgan fingerprint density at radius 3 is 2.38 bits per heavy atom. The number of halogens is 1. The molecular formula is C31H39FN2O5S. The van der Waals surface area contributed by atoms with Crippen molar-refractivity contribution in [3.63, 3.8) is 0 Å². The first-order valence-electron chi connectivity index (χ1n) is 13.4. The zero-order valence-electron chi connectivity index (χ0n) is 23.3. The molecule has 0 radical (unpaired) electrons. The number of β-amino-alcohol motifs (C(OH)–C–C–N with tert-alkyl or cyclic N) is 1. The number of carboxylic acids is 1. The van der Waals surface area contributed by atoms with E-state index < -0.39 is 32.8 Å². The highest BCUT2D eigenvalue weighted by atomic mass is 32.2. The molecule has 3 rings (SSSR count). The van der Waals surface area contributed by atoms with Gasteiger partial charge < -0.3 is 15.5 Å². The van der Waals surface area contributed by atoms with Crippen molar-refractivity contribution in [2.75, 3.05) is 20.1 Å². The number of hydrogen-bond acceptors (Lipinski definition) is 5. The lowest BCUT2D eigenvalue weighted by molar-refractivity contribution is -0.136. The summed E-state index contributed by atoms with van der Waals surface area (Å²) in [6.45, 7) is 4.07. The van der Waals surface area contributed by atoms with E-state index in [1.165, 1.54) is 24.7 Å². The minimum absolute atomic E-state index is 0.0706. The molecule has 0 amide bonds. The summed E-state index contributed by atoms with van der Waals surface area (Å²) in [5.41, 5.74) is 2.85. The molecule has 9 heteroatoms. The third-order valence-corrected chi connectivity index (χ3v) is 8.81. The lowest BCUT2D eigenvalue weighted by Gasteiger charge is -2.29. The van der Waals surface area contributed by atoms with Crippen molar-refractivity contribution in [1.29, 1.82) is 0 Å². The van der Waals surface area contributed by atoms with E-state index in [1.807, 2.05) is 32.0 Å². The van der Waals surface area contributed by atoms with E-state index in [-0.39, 0.29) is 31.5 Å². The molecule has 0 fully saturated rings. The van der Waals surface area contributed by atoms with Gasteiger partial charge in [0.2, 0.25) is 10.0 Å². The lowest BCUT2D eigenvalue weighted by Crippen LogP contribution is -2.46. The summed E-state index contributed by atoms with van der Waals surface area (Å²) in [6.07, 6.45) is 2.00. The summed E-state index contributed by atoms with van der Waals surface area (Å²) in [7, 11) is -2.88. The Morgan fingerprint density at radius 1 is 1.02 bits per heavy atom. The Bertz CT molecular complexity index is 1380. The molecule has 0 saturated carbocycles. The molecule has 0 heterocycles. The highest BCUT2D eigenvalue weighted by Crippen LogP contribution is 2.29. The minimum Gasteiger partial charge on any atom is -0.481 e. The zero-order valence-corrected chi connectivity index (χ0v) is 24.1. The third-order valence-electron chi connectivity index (χ3n) is 6.95. The number of aliphatic hydroxyl groups is 1. The highest BCUT2D eigenvalue weighted by Gasteiger charge is 2.27. The van der Waals surface area contributed by atoms with Crippen LogP contribution in [0.15, 0.2) is 77.7 Å². The van der Waals surface area contributed by atoms with Gasteiger partial charge in [0.15, 0.2) is 0 Å². The quantitative estimate of drug-likeness (QED) is 0.240. The predicted molar refractivity (Wildman–Crippen MR) is 155 cm³/mol. The van der Waals surface area contributed by atoms with Crippen LogP contribution in [0.5, 0.6) is 0 Å². The van der Waals surface area contributed by atoms with Gasteiger partial charge in [-0.1, -0.05) is 60.7 Å². The monoisotopic (exact) mass is 570 g/mol. The molecule has 3 aromatic rings. The van der Waals surface area contributed by atoms with Crippen molar-refractivity contribution < 1.29 is 27.8 Å². The molecular weight excluding hydrogens is 531 g/mol. The Balaban J connectivity index is 1.60. The summed E-state index contributed by atoms with van der Waals surface area (Å²) in [5, 5.41) is 22.9. The van der Waals surface area contributed by atoms with Gasteiger partial charge >= 0.3 is 5.97 Å². The number of carboxylic acid groups (broad SMARTS) is 1. The van der Waals surface area contributed by atoms with Gasteiger partial charge in [-0.2, -0.15) is 4.31 Å². The first-order valence-corrected chi connectivity index (χ1v) is 14.9. The number of aryl methyl sites for hydroxylation is 2. The fourth-order valence-electron chi connectivity index (χ4n) is 4.63. The normalized spacial score (nSPS) is 12.9. The molecule has 7 nitrogen and oxygen atoms in total. The van der Waals surface area contributed by atoms with Crippen molar-refractivity contribution in [2.24, 2.45) is 0 Å². The lowest BCUT2D eigenvalue weighted by atomic mass is 9.95. The molecule has 0 saturated heterocycles. The number of aliphatic hydroxyl groups excluding tert-OH is 1. The summed E-state index contributed by atoms with van der Waals surface area (Å²) in [6, 6.07) is 21.1. The Hall–Kier alpha value is -3.11. The van der Waals surface area contributed by atoms with Gasteiger partial charge in [-0.15, -0.1) is 0 Å². The Kier molecular flexibility index (Phi) is 11.0. The molecule has 40 heavy (non-hydrogen) atoms. The van der Waals surface area contributed by atoms with E-state index in [0.29, 0.717) is 11.1 Å². The number of hydrogen-bond donors (Lipinski definition) is 3. The van der Waals surface area contributed by atoms with Crippen LogP contribution in [0.2, 0.25) is 0 Å². The number of likely N-dealkylation sites (N-methyl/N-ethyl adjacent to an activating group) is 1. The van der Waals surface area contributed by atoms with Gasteiger partial charge in [-0.05, 0) is 73.9 Å². The second kappa shape index (κ2) is 14.0. The molecule has 0 aliphatic heterocycles. The summed E-state index contributed by atoms with van der Waals surface area (Å²) < 4.78 is 42.4. The van der Waals surface area contributed by atoms with Crippen molar-refractivity contribution >= 4 is 16.0 Å². The van der Waals surface area contributed by atoms with Gasteiger partial charge in [0.1, 0.15) is 10.7 Å². The molecule has 0 aliphatic rings.